The Morgan fingerprint density at radius 2 is 1.96 bits per heavy atom. The fourth-order valence-corrected chi connectivity index (χ4v) is 3.58. The number of phenols is 1. The Morgan fingerprint density at radius 1 is 1.17 bits per heavy atom. The molecule has 5 heteroatoms. The maximum atomic E-state index is 10.1. The Hall–Kier alpha value is -1.88. The summed E-state index contributed by atoms with van der Waals surface area (Å²) >= 11 is 3.49. The standard InChI is InChI=1S/C18H20BrNO3/c1-22-17-10-14(19)18(23-2)9-12(17)11-20-8-4-5-13-15(20)6-3-7-16(13)21/h3,6-7,9-10,21H,4-5,8,11H2,1-2H3. The second kappa shape index (κ2) is 6.71. The number of anilines is 1. The highest BCUT2D eigenvalue weighted by Crippen LogP contribution is 2.37. The molecule has 2 aromatic carbocycles. The second-order valence-electron chi connectivity index (χ2n) is 5.60. The number of benzene rings is 2. The van der Waals surface area contributed by atoms with E-state index in [1.54, 1.807) is 20.3 Å². The molecule has 1 aliphatic rings. The molecule has 0 aromatic heterocycles. The van der Waals surface area contributed by atoms with Crippen molar-refractivity contribution in [3.8, 4) is 17.2 Å². The van der Waals surface area contributed by atoms with Gasteiger partial charge in [0.1, 0.15) is 17.2 Å². The molecule has 0 bridgehead atoms. The zero-order valence-corrected chi connectivity index (χ0v) is 14.9. The Kier molecular flexibility index (Phi) is 4.66. The van der Waals surface area contributed by atoms with E-state index in [1.165, 1.54) is 0 Å². The van der Waals surface area contributed by atoms with Gasteiger partial charge < -0.3 is 19.5 Å². The van der Waals surface area contributed by atoms with E-state index in [-0.39, 0.29) is 0 Å². The molecule has 0 saturated heterocycles. The number of hydrogen-bond acceptors (Lipinski definition) is 4. The average Bonchev–Trinajstić information content (AvgIpc) is 2.57. The van der Waals surface area contributed by atoms with Gasteiger partial charge in [0.15, 0.2) is 0 Å². The maximum Gasteiger partial charge on any atom is 0.133 e. The van der Waals surface area contributed by atoms with Crippen molar-refractivity contribution in [1.29, 1.82) is 0 Å². The van der Waals surface area contributed by atoms with Gasteiger partial charge in [-0.1, -0.05) is 6.07 Å². The summed E-state index contributed by atoms with van der Waals surface area (Å²) in [4.78, 5) is 2.28. The van der Waals surface area contributed by atoms with Gasteiger partial charge in [-0.15, -0.1) is 0 Å². The van der Waals surface area contributed by atoms with Crippen LogP contribution in [0.15, 0.2) is 34.8 Å². The van der Waals surface area contributed by atoms with Gasteiger partial charge >= 0.3 is 0 Å². The van der Waals surface area contributed by atoms with Gasteiger partial charge in [0.25, 0.3) is 0 Å². The molecule has 0 spiro atoms. The molecule has 0 atom stereocenters. The van der Waals surface area contributed by atoms with Crippen molar-refractivity contribution < 1.29 is 14.6 Å². The third-order valence-electron chi connectivity index (χ3n) is 4.24. The summed E-state index contributed by atoms with van der Waals surface area (Å²) in [5.41, 5.74) is 3.19. The largest absolute Gasteiger partial charge is 0.508 e. The Balaban J connectivity index is 1.96. The number of phenolic OH excluding ortho intramolecular Hbond substituents is 1. The lowest BCUT2D eigenvalue weighted by Crippen LogP contribution is -2.29. The molecule has 1 N–H and O–H groups in total. The topological polar surface area (TPSA) is 41.9 Å². The van der Waals surface area contributed by atoms with Gasteiger partial charge in [-0.25, -0.2) is 0 Å². The number of fused-ring (bicyclic) bond motifs is 1. The van der Waals surface area contributed by atoms with Gasteiger partial charge in [0, 0.05) is 29.9 Å². The van der Waals surface area contributed by atoms with E-state index in [1.807, 2.05) is 18.2 Å². The third kappa shape index (κ3) is 3.11. The molecule has 0 aliphatic carbocycles. The predicted octanol–water partition coefficient (Wildman–Crippen LogP) is 4.12. The predicted molar refractivity (Wildman–Crippen MR) is 94.7 cm³/mol. The fraction of sp³-hybridized carbons (Fsp3) is 0.333. The summed E-state index contributed by atoms with van der Waals surface area (Å²) in [6.07, 6.45) is 1.94. The first kappa shape index (κ1) is 16.0. The van der Waals surface area contributed by atoms with Gasteiger partial charge in [-0.3, -0.25) is 0 Å². The van der Waals surface area contributed by atoms with Crippen LogP contribution in [-0.4, -0.2) is 25.9 Å². The molecule has 23 heavy (non-hydrogen) atoms. The molecule has 0 radical (unpaired) electrons. The van der Waals surface area contributed by atoms with Crippen LogP contribution in [-0.2, 0) is 13.0 Å². The summed E-state index contributed by atoms with van der Waals surface area (Å²) in [5, 5.41) is 10.1. The Bertz CT molecular complexity index is 718. The lowest BCUT2D eigenvalue weighted by Gasteiger charge is -2.32. The minimum atomic E-state index is 0.382. The zero-order valence-electron chi connectivity index (χ0n) is 13.3. The molecule has 122 valence electrons. The third-order valence-corrected chi connectivity index (χ3v) is 4.86. The van der Waals surface area contributed by atoms with E-state index >= 15 is 0 Å². The average molecular weight is 378 g/mol. The van der Waals surface area contributed by atoms with E-state index in [2.05, 4.69) is 26.9 Å². The number of aromatic hydroxyl groups is 1. The van der Waals surface area contributed by atoms with Crippen LogP contribution in [0.25, 0.3) is 0 Å². The van der Waals surface area contributed by atoms with Gasteiger partial charge in [-0.2, -0.15) is 0 Å². The lowest BCUT2D eigenvalue weighted by molar-refractivity contribution is 0.396. The first-order valence-corrected chi connectivity index (χ1v) is 8.39. The second-order valence-corrected chi connectivity index (χ2v) is 6.45. The van der Waals surface area contributed by atoms with E-state index in [4.69, 9.17) is 9.47 Å². The summed E-state index contributed by atoms with van der Waals surface area (Å²) in [6, 6.07) is 9.65. The number of nitrogens with zero attached hydrogens (tertiary/aromatic N) is 1. The van der Waals surface area contributed by atoms with Crippen LogP contribution in [0, 0.1) is 0 Å². The first-order chi connectivity index (χ1) is 11.1. The fourth-order valence-electron chi connectivity index (χ4n) is 3.10. The smallest absolute Gasteiger partial charge is 0.133 e. The van der Waals surface area contributed by atoms with Crippen molar-refractivity contribution in [2.75, 3.05) is 25.7 Å². The molecule has 4 nitrogen and oxygen atoms in total. The van der Waals surface area contributed by atoms with E-state index in [9.17, 15) is 5.11 Å². The minimum Gasteiger partial charge on any atom is -0.508 e. The molecule has 0 amide bonds. The van der Waals surface area contributed by atoms with Crippen LogP contribution in [0.5, 0.6) is 17.2 Å². The molecular weight excluding hydrogens is 358 g/mol. The summed E-state index contributed by atoms with van der Waals surface area (Å²) in [5.74, 6) is 1.99. The van der Waals surface area contributed by atoms with Crippen molar-refractivity contribution in [3.63, 3.8) is 0 Å². The monoisotopic (exact) mass is 377 g/mol. The number of methoxy groups -OCH3 is 2. The van der Waals surface area contributed by atoms with Crippen LogP contribution >= 0.6 is 15.9 Å². The van der Waals surface area contributed by atoms with Gasteiger partial charge in [0.05, 0.1) is 18.7 Å². The first-order valence-electron chi connectivity index (χ1n) is 7.60. The molecule has 0 unspecified atom stereocenters. The molecule has 0 saturated carbocycles. The number of rotatable bonds is 4. The SMILES string of the molecule is COc1cc(CN2CCCc3c(O)cccc32)c(OC)cc1Br. The van der Waals surface area contributed by atoms with Crippen molar-refractivity contribution in [1.82, 2.24) is 0 Å². The molecule has 1 aliphatic heterocycles. The molecular formula is C18H20BrNO3. The minimum absolute atomic E-state index is 0.382. The van der Waals surface area contributed by atoms with Crippen molar-refractivity contribution >= 4 is 21.6 Å². The number of halogens is 1. The number of ether oxygens (including phenoxy) is 2. The van der Waals surface area contributed by atoms with Crippen molar-refractivity contribution in [2.24, 2.45) is 0 Å². The van der Waals surface area contributed by atoms with Crippen LogP contribution < -0.4 is 14.4 Å². The molecule has 2 aromatic rings. The molecule has 0 fully saturated rings. The molecule has 3 rings (SSSR count). The zero-order chi connectivity index (χ0) is 16.4. The quantitative estimate of drug-likeness (QED) is 0.869. The van der Waals surface area contributed by atoms with Crippen molar-refractivity contribution in [2.45, 2.75) is 19.4 Å². The van der Waals surface area contributed by atoms with Gasteiger partial charge in [0.2, 0.25) is 0 Å². The normalized spacial score (nSPS) is 13.6. The van der Waals surface area contributed by atoms with Gasteiger partial charge in [-0.05, 0) is 53.0 Å². The summed E-state index contributed by atoms with van der Waals surface area (Å²) < 4.78 is 11.8. The molecule has 1 heterocycles. The van der Waals surface area contributed by atoms with E-state index < -0.39 is 0 Å². The van der Waals surface area contributed by atoms with Crippen LogP contribution in [0.4, 0.5) is 5.69 Å². The lowest BCUT2D eigenvalue weighted by atomic mass is 10.00. The highest BCUT2D eigenvalue weighted by molar-refractivity contribution is 9.10. The van der Waals surface area contributed by atoms with Crippen molar-refractivity contribution in [3.05, 3.63) is 45.9 Å². The maximum absolute atomic E-state index is 10.1. The highest BCUT2D eigenvalue weighted by Gasteiger charge is 2.21. The van der Waals surface area contributed by atoms with E-state index in [0.717, 1.165) is 52.2 Å². The van der Waals surface area contributed by atoms with Crippen LogP contribution in [0.1, 0.15) is 17.5 Å². The Labute approximate surface area is 144 Å². The van der Waals surface area contributed by atoms with Crippen LogP contribution in [0.2, 0.25) is 0 Å². The highest BCUT2D eigenvalue weighted by atomic mass is 79.9. The summed E-state index contributed by atoms with van der Waals surface area (Å²) in [7, 11) is 3.33. The summed E-state index contributed by atoms with van der Waals surface area (Å²) in [6.45, 7) is 1.67. The number of hydrogen-bond donors (Lipinski definition) is 1. The van der Waals surface area contributed by atoms with E-state index in [0.29, 0.717) is 12.3 Å². The Morgan fingerprint density at radius 3 is 2.70 bits per heavy atom. The van der Waals surface area contributed by atoms with Crippen LogP contribution in [0.3, 0.4) is 0 Å².